The van der Waals surface area contributed by atoms with Crippen molar-refractivity contribution in [3.8, 4) is 5.75 Å². The standard InChI is InChI=1S/C18H21ClN2O2/c1-12-8-14(17(22)9-13(12)2)10-21(3)11-18(23)20-16-7-5-4-6-15(16)19/h4-9,22H,10-11H2,1-3H3,(H,20,23). The lowest BCUT2D eigenvalue weighted by molar-refractivity contribution is -0.117. The molecule has 0 aliphatic heterocycles. The Kier molecular flexibility index (Phi) is 5.64. The van der Waals surface area contributed by atoms with Gasteiger partial charge in [0.2, 0.25) is 5.91 Å². The Morgan fingerprint density at radius 2 is 1.87 bits per heavy atom. The molecular formula is C18H21ClN2O2. The van der Waals surface area contributed by atoms with Crippen molar-refractivity contribution in [2.45, 2.75) is 20.4 Å². The highest BCUT2D eigenvalue weighted by Crippen LogP contribution is 2.23. The van der Waals surface area contributed by atoms with E-state index in [9.17, 15) is 9.90 Å². The van der Waals surface area contributed by atoms with Crippen molar-refractivity contribution in [3.05, 3.63) is 58.1 Å². The molecule has 4 nitrogen and oxygen atoms in total. The van der Waals surface area contributed by atoms with E-state index in [1.165, 1.54) is 0 Å². The summed E-state index contributed by atoms with van der Waals surface area (Å²) in [5, 5.41) is 13.3. The van der Waals surface area contributed by atoms with Gasteiger partial charge < -0.3 is 10.4 Å². The van der Waals surface area contributed by atoms with Gasteiger partial charge in [-0.25, -0.2) is 0 Å². The summed E-state index contributed by atoms with van der Waals surface area (Å²) in [5.41, 5.74) is 3.57. The molecule has 2 aromatic carbocycles. The maximum atomic E-state index is 12.1. The number of amides is 1. The number of nitrogens with zero attached hydrogens (tertiary/aromatic N) is 1. The molecule has 0 fully saturated rings. The number of likely N-dealkylation sites (N-methyl/N-ethyl adjacent to an activating group) is 1. The third-order valence-electron chi connectivity index (χ3n) is 3.70. The molecule has 0 heterocycles. The highest BCUT2D eigenvalue weighted by atomic mass is 35.5. The van der Waals surface area contributed by atoms with Gasteiger partial charge in [-0.15, -0.1) is 0 Å². The molecule has 0 spiro atoms. The Labute approximate surface area is 141 Å². The second kappa shape index (κ2) is 7.49. The van der Waals surface area contributed by atoms with Gasteiger partial charge in [0.15, 0.2) is 0 Å². The molecule has 0 aliphatic rings. The normalized spacial score (nSPS) is 10.8. The van der Waals surface area contributed by atoms with Crippen molar-refractivity contribution in [1.82, 2.24) is 4.90 Å². The van der Waals surface area contributed by atoms with Gasteiger partial charge in [0.25, 0.3) is 0 Å². The van der Waals surface area contributed by atoms with Crippen LogP contribution in [0.1, 0.15) is 16.7 Å². The zero-order valence-corrected chi connectivity index (χ0v) is 14.3. The minimum Gasteiger partial charge on any atom is -0.508 e. The van der Waals surface area contributed by atoms with Crippen LogP contribution >= 0.6 is 11.6 Å². The summed E-state index contributed by atoms with van der Waals surface area (Å²) in [7, 11) is 1.83. The number of rotatable bonds is 5. The number of carbonyl (C=O) groups excluding carboxylic acids is 1. The van der Waals surface area contributed by atoms with Gasteiger partial charge in [0.05, 0.1) is 17.3 Å². The van der Waals surface area contributed by atoms with E-state index in [1.807, 2.05) is 44.0 Å². The maximum absolute atomic E-state index is 12.1. The summed E-state index contributed by atoms with van der Waals surface area (Å²) in [6, 6.07) is 10.8. The van der Waals surface area contributed by atoms with Crippen LogP contribution in [0.15, 0.2) is 36.4 Å². The monoisotopic (exact) mass is 332 g/mol. The molecule has 2 N–H and O–H groups in total. The van der Waals surface area contributed by atoms with E-state index >= 15 is 0 Å². The Morgan fingerprint density at radius 3 is 2.57 bits per heavy atom. The minimum absolute atomic E-state index is 0.149. The zero-order chi connectivity index (χ0) is 17.0. The maximum Gasteiger partial charge on any atom is 0.238 e. The number of para-hydroxylation sites is 1. The average Bonchev–Trinajstić information content (AvgIpc) is 2.47. The molecule has 0 unspecified atom stereocenters. The number of nitrogens with one attached hydrogen (secondary N) is 1. The number of carbonyl (C=O) groups is 1. The van der Waals surface area contributed by atoms with Crippen LogP contribution in [-0.4, -0.2) is 29.5 Å². The largest absolute Gasteiger partial charge is 0.508 e. The Balaban J connectivity index is 1.97. The van der Waals surface area contributed by atoms with E-state index in [2.05, 4.69) is 5.32 Å². The molecule has 1 amide bonds. The third kappa shape index (κ3) is 4.71. The van der Waals surface area contributed by atoms with Gasteiger partial charge >= 0.3 is 0 Å². The number of benzene rings is 2. The predicted molar refractivity (Wildman–Crippen MR) is 94.0 cm³/mol. The summed E-state index contributed by atoms with van der Waals surface area (Å²) in [4.78, 5) is 13.9. The van der Waals surface area contributed by atoms with Gasteiger partial charge in [-0.2, -0.15) is 0 Å². The smallest absolute Gasteiger partial charge is 0.238 e. The molecule has 23 heavy (non-hydrogen) atoms. The van der Waals surface area contributed by atoms with Crippen molar-refractivity contribution >= 4 is 23.2 Å². The number of halogens is 1. The quantitative estimate of drug-likeness (QED) is 0.877. The number of aromatic hydroxyl groups is 1. The summed E-state index contributed by atoms with van der Waals surface area (Å²) in [6.45, 7) is 4.66. The number of hydrogen-bond acceptors (Lipinski definition) is 3. The van der Waals surface area contributed by atoms with Gasteiger partial charge in [0, 0.05) is 12.1 Å². The van der Waals surface area contributed by atoms with Crippen LogP contribution in [0, 0.1) is 13.8 Å². The minimum atomic E-state index is -0.149. The first-order valence-corrected chi connectivity index (χ1v) is 7.76. The molecule has 0 atom stereocenters. The molecule has 5 heteroatoms. The third-order valence-corrected chi connectivity index (χ3v) is 4.03. The summed E-state index contributed by atoms with van der Waals surface area (Å²) in [6.07, 6.45) is 0. The molecule has 2 rings (SSSR count). The Morgan fingerprint density at radius 1 is 1.22 bits per heavy atom. The zero-order valence-electron chi connectivity index (χ0n) is 13.6. The van der Waals surface area contributed by atoms with Gasteiger partial charge in [-0.05, 0) is 50.2 Å². The fourth-order valence-corrected chi connectivity index (χ4v) is 2.51. The van der Waals surface area contributed by atoms with E-state index < -0.39 is 0 Å². The van der Waals surface area contributed by atoms with E-state index in [4.69, 9.17) is 11.6 Å². The van der Waals surface area contributed by atoms with E-state index in [0.29, 0.717) is 17.3 Å². The molecule has 0 aliphatic carbocycles. The number of aryl methyl sites for hydroxylation is 2. The van der Waals surface area contributed by atoms with E-state index in [-0.39, 0.29) is 18.2 Å². The van der Waals surface area contributed by atoms with Crippen LogP contribution in [0.5, 0.6) is 5.75 Å². The molecule has 122 valence electrons. The highest BCUT2D eigenvalue weighted by molar-refractivity contribution is 6.33. The summed E-state index contributed by atoms with van der Waals surface area (Å²) in [5.74, 6) is 0.107. The molecule has 0 aromatic heterocycles. The van der Waals surface area contributed by atoms with Crippen LogP contribution in [0.25, 0.3) is 0 Å². The molecular weight excluding hydrogens is 312 g/mol. The number of phenols is 1. The Hall–Kier alpha value is -2.04. The van der Waals surface area contributed by atoms with Crippen LogP contribution in [-0.2, 0) is 11.3 Å². The number of phenolic OH excluding ortho intramolecular Hbond substituents is 1. The molecule has 0 saturated carbocycles. The molecule has 0 radical (unpaired) electrons. The predicted octanol–water partition coefficient (Wildman–Crippen LogP) is 3.73. The SMILES string of the molecule is Cc1cc(O)c(CN(C)CC(=O)Nc2ccccc2Cl)cc1C. The van der Waals surface area contributed by atoms with E-state index in [0.717, 1.165) is 16.7 Å². The highest BCUT2D eigenvalue weighted by Gasteiger charge is 2.12. The average molecular weight is 333 g/mol. The van der Waals surface area contributed by atoms with Gasteiger partial charge in [0.1, 0.15) is 5.75 Å². The lowest BCUT2D eigenvalue weighted by Crippen LogP contribution is -2.30. The van der Waals surface area contributed by atoms with Crippen LogP contribution < -0.4 is 5.32 Å². The van der Waals surface area contributed by atoms with Crippen molar-refractivity contribution in [3.63, 3.8) is 0 Å². The first-order valence-electron chi connectivity index (χ1n) is 7.39. The lowest BCUT2D eigenvalue weighted by atomic mass is 10.0. The van der Waals surface area contributed by atoms with Gasteiger partial charge in [-0.3, -0.25) is 9.69 Å². The number of anilines is 1. The summed E-state index contributed by atoms with van der Waals surface area (Å²) < 4.78 is 0. The molecule has 2 aromatic rings. The fourth-order valence-electron chi connectivity index (χ4n) is 2.33. The van der Waals surface area contributed by atoms with Crippen LogP contribution in [0.3, 0.4) is 0 Å². The lowest BCUT2D eigenvalue weighted by Gasteiger charge is -2.18. The molecule has 0 saturated heterocycles. The first-order chi connectivity index (χ1) is 10.9. The van der Waals surface area contributed by atoms with Crippen molar-refractivity contribution in [2.75, 3.05) is 18.9 Å². The van der Waals surface area contributed by atoms with Crippen molar-refractivity contribution in [2.24, 2.45) is 0 Å². The van der Waals surface area contributed by atoms with Crippen LogP contribution in [0.2, 0.25) is 5.02 Å². The van der Waals surface area contributed by atoms with Crippen LogP contribution in [0.4, 0.5) is 5.69 Å². The molecule has 0 bridgehead atoms. The van der Waals surface area contributed by atoms with Gasteiger partial charge in [-0.1, -0.05) is 29.8 Å². The Bertz CT molecular complexity index is 716. The second-order valence-corrected chi connectivity index (χ2v) is 6.17. The van der Waals surface area contributed by atoms with E-state index in [1.54, 1.807) is 18.2 Å². The number of hydrogen-bond donors (Lipinski definition) is 2. The van der Waals surface area contributed by atoms with Crippen molar-refractivity contribution < 1.29 is 9.90 Å². The summed E-state index contributed by atoms with van der Waals surface area (Å²) >= 11 is 6.03. The second-order valence-electron chi connectivity index (χ2n) is 5.77. The first kappa shape index (κ1) is 17.3. The van der Waals surface area contributed by atoms with Crippen molar-refractivity contribution in [1.29, 1.82) is 0 Å². The fraction of sp³-hybridized carbons (Fsp3) is 0.278. The topological polar surface area (TPSA) is 52.6 Å².